The summed E-state index contributed by atoms with van der Waals surface area (Å²) in [6.07, 6.45) is 0.433. The molecule has 0 atom stereocenters. The molecule has 3 aromatic rings. The van der Waals surface area contributed by atoms with Gasteiger partial charge in [0.25, 0.3) is 0 Å². The third-order valence-electron chi connectivity index (χ3n) is 5.07. The molecule has 2 amide bonds. The Morgan fingerprint density at radius 3 is 2.36 bits per heavy atom. The van der Waals surface area contributed by atoms with Gasteiger partial charge in [-0.1, -0.05) is 30.3 Å². The summed E-state index contributed by atoms with van der Waals surface area (Å²) in [7, 11) is -0.582. The molecule has 0 spiro atoms. The quantitative estimate of drug-likeness (QED) is 0.444. The van der Waals surface area contributed by atoms with Gasteiger partial charge in [-0.2, -0.15) is 0 Å². The van der Waals surface area contributed by atoms with E-state index in [2.05, 4.69) is 10.0 Å². The highest BCUT2D eigenvalue weighted by atomic mass is 32.2. The lowest BCUT2D eigenvalue weighted by atomic mass is 10.1. The third-order valence-corrected chi connectivity index (χ3v) is 6.53. The number of carbonyl (C=O) groups is 2. The van der Waals surface area contributed by atoms with E-state index in [1.54, 1.807) is 49.6 Å². The average molecular weight is 470 g/mol. The Kier molecular flexibility index (Phi) is 8.02. The SMILES string of the molecule is COc1ccc(NC(=O)CN(C)C(=O)CCCNS(=O)(=O)c2ccc3ccccc3c2)cc1. The van der Waals surface area contributed by atoms with Gasteiger partial charge in [-0.25, -0.2) is 13.1 Å². The number of sulfonamides is 1. The van der Waals surface area contributed by atoms with Gasteiger partial charge in [0.05, 0.1) is 18.6 Å². The van der Waals surface area contributed by atoms with Crippen LogP contribution in [-0.2, 0) is 19.6 Å². The van der Waals surface area contributed by atoms with Crippen molar-refractivity contribution >= 4 is 38.3 Å². The summed E-state index contributed by atoms with van der Waals surface area (Å²) in [4.78, 5) is 26.0. The molecular formula is C24H27N3O5S. The van der Waals surface area contributed by atoms with E-state index >= 15 is 0 Å². The smallest absolute Gasteiger partial charge is 0.243 e. The summed E-state index contributed by atoms with van der Waals surface area (Å²) in [6, 6.07) is 19.3. The number of fused-ring (bicyclic) bond motifs is 1. The van der Waals surface area contributed by atoms with E-state index in [0.717, 1.165) is 10.8 Å². The molecule has 0 unspecified atom stereocenters. The number of amides is 2. The number of ether oxygens (including phenoxy) is 1. The monoisotopic (exact) mass is 469 g/mol. The standard InChI is InChI=1S/C24H27N3O5S/c1-27(17-23(28)26-20-10-12-21(32-2)13-11-20)24(29)8-5-15-25-33(30,31)22-14-9-18-6-3-4-7-19(18)16-22/h3-4,6-7,9-14,16,25H,5,8,15,17H2,1-2H3,(H,26,28). The van der Waals surface area contributed by atoms with Crippen LogP contribution in [0.15, 0.2) is 71.6 Å². The fourth-order valence-corrected chi connectivity index (χ4v) is 4.34. The predicted molar refractivity (Wildman–Crippen MR) is 128 cm³/mol. The van der Waals surface area contributed by atoms with Crippen molar-refractivity contribution in [3.63, 3.8) is 0 Å². The van der Waals surface area contributed by atoms with Crippen LogP contribution in [-0.4, -0.2) is 52.4 Å². The van der Waals surface area contributed by atoms with Gasteiger partial charge in [0.15, 0.2) is 0 Å². The number of methoxy groups -OCH3 is 1. The molecule has 9 heteroatoms. The van der Waals surface area contributed by atoms with Crippen molar-refractivity contribution in [2.45, 2.75) is 17.7 Å². The lowest BCUT2D eigenvalue weighted by Crippen LogP contribution is -2.35. The zero-order valence-corrected chi connectivity index (χ0v) is 19.4. The highest BCUT2D eigenvalue weighted by Crippen LogP contribution is 2.19. The summed E-state index contributed by atoms with van der Waals surface area (Å²) in [5.41, 5.74) is 0.602. The fraction of sp³-hybridized carbons (Fsp3) is 0.250. The molecule has 8 nitrogen and oxygen atoms in total. The summed E-state index contributed by atoms with van der Waals surface area (Å²) < 4.78 is 32.7. The maximum Gasteiger partial charge on any atom is 0.243 e. The number of nitrogens with zero attached hydrogens (tertiary/aromatic N) is 1. The van der Waals surface area contributed by atoms with Crippen molar-refractivity contribution in [3.8, 4) is 5.75 Å². The van der Waals surface area contributed by atoms with Crippen LogP contribution in [0.4, 0.5) is 5.69 Å². The van der Waals surface area contributed by atoms with E-state index in [0.29, 0.717) is 17.9 Å². The van der Waals surface area contributed by atoms with Crippen molar-refractivity contribution in [2.75, 3.05) is 32.6 Å². The molecule has 0 heterocycles. The molecule has 0 aromatic heterocycles. The first kappa shape index (κ1) is 24.2. The van der Waals surface area contributed by atoms with Crippen molar-refractivity contribution in [1.82, 2.24) is 9.62 Å². The molecule has 0 saturated heterocycles. The summed E-state index contributed by atoms with van der Waals surface area (Å²) in [5, 5.41) is 4.51. The first-order valence-electron chi connectivity index (χ1n) is 10.4. The highest BCUT2D eigenvalue weighted by molar-refractivity contribution is 7.89. The molecule has 0 bridgehead atoms. The zero-order valence-electron chi connectivity index (χ0n) is 18.6. The Hall–Kier alpha value is -3.43. The number of anilines is 1. The van der Waals surface area contributed by atoms with Crippen LogP contribution >= 0.6 is 0 Å². The van der Waals surface area contributed by atoms with Crippen molar-refractivity contribution in [1.29, 1.82) is 0 Å². The van der Waals surface area contributed by atoms with E-state index < -0.39 is 10.0 Å². The van der Waals surface area contributed by atoms with Crippen LogP contribution in [0.5, 0.6) is 5.75 Å². The molecule has 0 aliphatic heterocycles. The van der Waals surface area contributed by atoms with Gasteiger partial charge in [-0.05, 0) is 53.6 Å². The van der Waals surface area contributed by atoms with Gasteiger partial charge in [-0.15, -0.1) is 0 Å². The van der Waals surface area contributed by atoms with Gasteiger partial charge < -0.3 is 15.0 Å². The summed E-state index contributed by atoms with van der Waals surface area (Å²) in [5.74, 6) is 0.106. The Morgan fingerprint density at radius 2 is 1.67 bits per heavy atom. The lowest BCUT2D eigenvalue weighted by molar-refractivity contribution is -0.133. The first-order chi connectivity index (χ1) is 15.8. The predicted octanol–water partition coefficient (Wildman–Crippen LogP) is 3.00. The lowest BCUT2D eigenvalue weighted by Gasteiger charge is -2.17. The summed E-state index contributed by atoms with van der Waals surface area (Å²) in [6.45, 7) is 0.0143. The second kappa shape index (κ2) is 10.9. The second-order valence-corrected chi connectivity index (χ2v) is 9.30. The molecular weight excluding hydrogens is 442 g/mol. The molecule has 3 rings (SSSR count). The first-order valence-corrected chi connectivity index (χ1v) is 11.9. The number of likely N-dealkylation sites (N-methyl/N-ethyl adjacent to an activating group) is 1. The Bertz CT molecular complexity index is 1230. The van der Waals surface area contributed by atoms with Crippen LogP contribution < -0.4 is 14.8 Å². The van der Waals surface area contributed by atoms with Crippen molar-refractivity contribution in [3.05, 3.63) is 66.7 Å². The topological polar surface area (TPSA) is 105 Å². The molecule has 0 radical (unpaired) electrons. The maximum absolute atomic E-state index is 12.5. The molecule has 2 N–H and O–H groups in total. The molecule has 0 fully saturated rings. The molecule has 0 aliphatic carbocycles. The van der Waals surface area contributed by atoms with Crippen LogP contribution in [0.2, 0.25) is 0 Å². The minimum absolute atomic E-state index is 0.103. The van der Waals surface area contributed by atoms with Crippen molar-refractivity contribution < 1.29 is 22.7 Å². The Balaban J connectivity index is 1.43. The number of carbonyl (C=O) groups excluding carboxylic acids is 2. The molecule has 0 aliphatic rings. The highest BCUT2D eigenvalue weighted by Gasteiger charge is 2.16. The number of benzene rings is 3. The number of rotatable bonds is 10. The van der Waals surface area contributed by atoms with Gasteiger partial charge in [-0.3, -0.25) is 9.59 Å². The largest absolute Gasteiger partial charge is 0.497 e. The summed E-state index contributed by atoms with van der Waals surface area (Å²) >= 11 is 0. The van der Waals surface area contributed by atoms with Crippen LogP contribution in [0.25, 0.3) is 10.8 Å². The van der Waals surface area contributed by atoms with Crippen molar-refractivity contribution in [2.24, 2.45) is 0 Å². The van der Waals surface area contributed by atoms with Gasteiger partial charge in [0, 0.05) is 25.7 Å². The molecule has 174 valence electrons. The normalized spacial score (nSPS) is 11.2. The van der Waals surface area contributed by atoms with Crippen LogP contribution in [0.3, 0.4) is 0 Å². The molecule has 33 heavy (non-hydrogen) atoms. The van der Waals surface area contributed by atoms with Crippen LogP contribution in [0.1, 0.15) is 12.8 Å². The van der Waals surface area contributed by atoms with E-state index in [1.807, 2.05) is 24.3 Å². The number of nitrogens with one attached hydrogen (secondary N) is 2. The number of hydrogen-bond donors (Lipinski definition) is 2. The number of hydrogen-bond acceptors (Lipinski definition) is 5. The third kappa shape index (κ3) is 6.77. The zero-order chi connectivity index (χ0) is 23.8. The van der Waals surface area contributed by atoms with Gasteiger partial charge in [0.1, 0.15) is 5.75 Å². The molecule has 3 aromatic carbocycles. The van der Waals surface area contributed by atoms with E-state index in [-0.39, 0.29) is 36.2 Å². The second-order valence-electron chi connectivity index (χ2n) is 7.54. The Morgan fingerprint density at radius 1 is 0.970 bits per heavy atom. The Labute approximate surface area is 193 Å². The van der Waals surface area contributed by atoms with Crippen LogP contribution in [0, 0.1) is 0 Å². The van der Waals surface area contributed by atoms with E-state index in [9.17, 15) is 18.0 Å². The van der Waals surface area contributed by atoms with E-state index in [1.165, 1.54) is 11.9 Å². The minimum atomic E-state index is -3.68. The van der Waals surface area contributed by atoms with Gasteiger partial charge in [0.2, 0.25) is 21.8 Å². The minimum Gasteiger partial charge on any atom is -0.497 e. The fourth-order valence-electron chi connectivity index (χ4n) is 3.23. The van der Waals surface area contributed by atoms with Gasteiger partial charge >= 0.3 is 0 Å². The van der Waals surface area contributed by atoms with E-state index in [4.69, 9.17) is 4.74 Å². The maximum atomic E-state index is 12.5. The average Bonchev–Trinajstić information content (AvgIpc) is 2.81. The molecule has 0 saturated carbocycles.